The summed E-state index contributed by atoms with van der Waals surface area (Å²) in [5.74, 6) is -0.891. The highest BCUT2D eigenvalue weighted by Gasteiger charge is 2.11. The zero-order chi connectivity index (χ0) is 25.9. The van der Waals surface area contributed by atoms with E-state index in [0.29, 0.717) is 29.6 Å². The Labute approximate surface area is 204 Å². The zero-order valence-electron chi connectivity index (χ0n) is 19.0. The molecule has 0 spiro atoms. The van der Waals surface area contributed by atoms with E-state index in [-0.39, 0.29) is 11.9 Å². The Hall–Kier alpha value is -5.13. The Morgan fingerprint density at radius 2 is 1.67 bits per heavy atom. The Bertz CT molecular complexity index is 1300. The number of halogens is 1. The molecule has 36 heavy (non-hydrogen) atoms. The van der Waals surface area contributed by atoms with Gasteiger partial charge in [0.05, 0.1) is 12.4 Å². The third-order valence-electron chi connectivity index (χ3n) is 4.58. The molecule has 3 aromatic heterocycles. The summed E-state index contributed by atoms with van der Waals surface area (Å²) < 4.78 is 13.2. The number of carboxylic acid groups (broad SMARTS) is 2. The average Bonchev–Trinajstić information content (AvgIpc) is 3.39. The highest BCUT2D eigenvalue weighted by molar-refractivity contribution is 5.89. The Morgan fingerprint density at radius 3 is 2.25 bits per heavy atom. The van der Waals surface area contributed by atoms with Gasteiger partial charge in [0, 0.05) is 42.3 Å². The van der Waals surface area contributed by atoms with Gasteiger partial charge in [0.15, 0.2) is 0 Å². The van der Waals surface area contributed by atoms with Crippen molar-refractivity contribution in [2.75, 3.05) is 10.6 Å². The molecule has 11 nitrogen and oxygen atoms in total. The van der Waals surface area contributed by atoms with Gasteiger partial charge in [-0.3, -0.25) is 10.1 Å². The smallest absolute Gasteiger partial charge is 0.328 e. The number of aromatic nitrogens is 5. The van der Waals surface area contributed by atoms with E-state index in [1.54, 1.807) is 36.9 Å². The van der Waals surface area contributed by atoms with Crippen LogP contribution in [0.15, 0.2) is 79.5 Å². The molecular weight excluding hydrogens is 469 g/mol. The molecule has 0 saturated heterocycles. The molecule has 4 rings (SSSR count). The van der Waals surface area contributed by atoms with Gasteiger partial charge in [-0.1, -0.05) is 12.1 Å². The second kappa shape index (κ2) is 12.4. The first-order valence-corrected chi connectivity index (χ1v) is 10.5. The van der Waals surface area contributed by atoms with Crippen molar-refractivity contribution in [3.05, 3.63) is 90.9 Å². The number of carboxylic acids is 2. The molecule has 4 aromatic rings. The van der Waals surface area contributed by atoms with Gasteiger partial charge in [0.2, 0.25) is 0 Å². The maximum absolute atomic E-state index is 13.2. The molecule has 3 heterocycles. The Kier molecular flexibility index (Phi) is 8.76. The summed E-state index contributed by atoms with van der Waals surface area (Å²) in [6, 6.07) is 10.2. The number of aliphatic carboxylic acids is 2. The summed E-state index contributed by atoms with van der Waals surface area (Å²) in [4.78, 5) is 32.0. The molecule has 0 unspecified atom stereocenters. The lowest BCUT2D eigenvalue weighted by Gasteiger charge is -2.17. The summed E-state index contributed by atoms with van der Waals surface area (Å²) >= 11 is 0. The van der Waals surface area contributed by atoms with Crippen molar-refractivity contribution in [1.82, 2.24) is 25.1 Å². The van der Waals surface area contributed by atoms with Gasteiger partial charge in [0.1, 0.15) is 23.3 Å². The molecule has 12 heteroatoms. The summed E-state index contributed by atoms with van der Waals surface area (Å²) in [5.41, 5.74) is 2.83. The number of carbonyl (C=O) groups is 2. The van der Waals surface area contributed by atoms with Gasteiger partial charge in [-0.25, -0.2) is 23.9 Å². The van der Waals surface area contributed by atoms with Crippen molar-refractivity contribution in [2.24, 2.45) is 0 Å². The molecule has 0 aliphatic rings. The number of pyridine rings is 1. The quantitative estimate of drug-likeness (QED) is 0.227. The van der Waals surface area contributed by atoms with Crippen molar-refractivity contribution in [3.63, 3.8) is 0 Å². The van der Waals surface area contributed by atoms with Gasteiger partial charge in [-0.15, -0.1) is 0 Å². The first kappa shape index (κ1) is 25.5. The highest BCUT2D eigenvalue weighted by atomic mass is 19.1. The first-order valence-electron chi connectivity index (χ1n) is 10.5. The molecule has 0 aliphatic heterocycles. The molecule has 0 bridgehead atoms. The van der Waals surface area contributed by atoms with Gasteiger partial charge in [0.25, 0.3) is 0 Å². The van der Waals surface area contributed by atoms with Crippen LogP contribution in [0, 0.1) is 5.82 Å². The van der Waals surface area contributed by atoms with E-state index in [2.05, 4.69) is 35.8 Å². The number of hydrogen-bond donors (Lipinski definition) is 5. The standard InChI is InChI=1S/C20H18FN7.C4H4O4/c1-13(14-2-4-17(21)5-3-14)26-18-8-15(16-10-24-25-11-16)9-19(27-18)28-20-12-22-6-7-23-20;5-3(6)1-2-4(7)8/h2-13H,1H3,(H,24,25)(H2,23,26,27,28);1-2H,(H,5,6)(H,7,8)/b;2-1-/t13-;/m0./s1. The average molecular weight is 491 g/mol. The van der Waals surface area contributed by atoms with Crippen LogP contribution in [0.5, 0.6) is 0 Å². The van der Waals surface area contributed by atoms with Crippen LogP contribution in [0.3, 0.4) is 0 Å². The minimum atomic E-state index is -1.26. The van der Waals surface area contributed by atoms with Crippen molar-refractivity contribution in [1.29, 1.82) is 0 Å². The molecule has 1 aromatic carbocycles. The molecule has 0 radical (unpaired) electrons. The number of nitrogens with zero attached hydrogens (tertiary/aromatic N) is 4. The van der Waals surface area contributed by atoms with E-state index in [1.165, 1.54) is 12.1 Å². The maximum atomic E-state index is 13.2. The lowest BCUT2D eigenvalue weighted by molar-refractivity contribution is -0.134. The van der Waals surface area contributed by atoms with Crippen LogP contribution in [-0.2, 0) is 9.59 Å². The largest absolute Gasteiger partial charge is 0.478 e. The number of rotatable bonds is 8. The lowest BCUT2D eigenvalue weighted by atomic mass is 10.1. The van der Waals surface area contributed by atoms with Crippen LogP contribution in [0.25, 0.3) is 11.1 Å². The highest BCUT2D eigenvalue weighted by Crippen LogP contribution is 2.27. The maximum Gasteiger partial charge on any atom is 0.328 e. The van der Waals surface area contributed by atoms with Crippen molar-refractivity contribution < 1.29 is 24.2 Å². The molecule has 5 N–H and O–H groups in total. The predicted molar refractivity (Wildman–Crippen MR) is 130 cm³/mol. The fraction of sp³-hybridized carbons (Fsp3) is 0.0833. The zero-order valence-corrected chi connectivity index (χ0v) is 19.0. The SMILES string of the molecule is C[C@H](Nc1cc(-c2cn[nH]c2)cc(Nc2cnccn2)n1)c1ccc(F)cc1.O=C(O)/C=C\C(=O)O. The minimum Gasteiger partial charge on any atom is -0.478 e. The van der Waals surface area contributed by atoms with Gasteiger partial charge >= 0.3 is 11.9 Å². The molecular formula is C24H22FN7O4. The fourth-order valence-corrected chi connectivity index (χ4v) is 2.94. The summed E-state index contributed by atoms with van der Waals surface area (Å²) in [6.07, 6.45) is 9.52. The number of nitrogens with one attached hydrogen (secondary N) is 3. The van der Waals surface area contributed by atoms with E-state index in [1.807, 2.05) is 25.3 Å². The van der Waals surface area contributed by atoms with E-state index < -0.39 is 11.9 Å². The lowest BCUT2D eigenvalue weighted by Crippen LogP contribution is -2.09. The van der Waals surface area contributed by atoms with E-state index >= 15 is 0 Å². The summed E-state index contributed by atoms with van der Waals surface area (Å²) in [6.45, 7) is 2.00. The topological polar surface area (TPSA) is 166 Å². The minimum absolute atomic E-state index is 0.0583. The van der Waals surface area contributed by atoms with E-state index in [4.69, 9.17) is 10.2 Å². The monoisotopic (exact) mass is 491 g/mol. The van der Waals surface area contributed by atoms with Crippen LogP contribution in [0.4, 0.5) is 21.8 Å². The van der Waals surface area contributed by atoms with Gasteiger partial charge in [-0.05, 0) is 42.3 Å². The Morgan fingerprint density at radius 1 is 0.972 bits per heavy atom. The molecule has 0 aliphatic carbocycles. The van der Waals surface area contributed by atoms with E-state index in [9.17, 15) is 14.0 Å². The number of benzene rings is 1. The molecule has 1 atom stereocenters. The third-order valence-corrected chi connectivity index (χ3v) is 4.58. The second-order valence-corrected chi connectivity index (χ2v) is 7.26. The molecule has 0 saturated carbocycles. The Balaban J connectivity index is 0.000000392. The molecule has 0 fully saturated rings. The molecule has 0 amide bonds. The van der Waals surface area contributed by atoms with Crippen LogP contribution in [0.1, 0.15) is 18.5 Å². The van der Waals surface area contributed by atoms with Crippen LogP contribution in [0.2, 0.25) is 0 Å². The normalized spacial score (nSPS) is 11.3. The van der Waals surface area contributed by atoms with Gasteiger partial charge in [-0.2, -0.15) is 5.10 Å². The molecule has 184 valence electrons. The number of aromatic amines is 1. The van der Waals surface area contributed by atoms with Crippen LogP contribution in [-0.4, -0.2) is 47.3 Å². The van der Waals surface area contributed by atoms with Crippen molar-refractivity contribution in [3.8, 4) is 11.1 Å². The van der Waals surface area contributed by atoms with Crippen LogP contribution >= 0.6 is 0 Å². The van der Waals surface area contributed by atoms with Gasteiger partial charge < -0.3 is 20.8 Å². The summed E-state index contributed by atoms with van der Waals surface area (Å²) in [5, 5.41) is 29.0. The number of anilines is 3. The predicted octanol–water partition coefficient (Wildman–Crippen LogP) is 4.03. The fourth-order valence-electron chi connectivity index (χ4n) is 2.94. The van der Waals surface area contributed by atoms with Crippen LogP contribution < -0.4 is 10.6 Å². The second-order valence-electron chi connectivity index (χ2n) is 7.26. The number of hydrogen-bond acceptors (Lipinski definition) is 8. The summed E-state index contributed by atoms with van der Waals surface area (Å²) in [7, 11) is 0. The first-order chi connectivity index (χ1) is 17.3. The third kappa shape index (κ3) is 8.02. The van der Waals surface area contributed by atoms with Crippen molar-refractivity contribution >= 4 is 29.4 Å². The van der Waals surface area contributed by atoms with E-state index in [0.717, 1.165) is 16.7 Å². The van der Waals surface area contributed by atoms with Crippen molar-refractivity contribution in [2.45, 2.75) is 13.0 Å². The number of H-pyrrole nitrogens is 1.